The van der Waals surface area contributed by atoms with E-state index in [1.165, 1.54) is 17.0 Å². The van der Waals surface area contributed by atoms with Crippen molar-refractivity contribution in [2.24, 2.45) is 0 Å². The molecule has 0 aliphatic carbocycles. The van der Waals surface area contributed by atoms with Crippen LogP contribution in [-0.2, 0) is 16.1 Å². The molecule has 1 N–H and O–H groups in total. The number of halogens is 1. The second-order valence-electron chi connectivity index (χ2n) is 7.36. The van der Waals surface area contributed by atoms with Crippen LogP contribution >= 0.6 is 22.9 Å². The van der Waals surface area contributed by atoms with Gasteiger partial charge in [0.2, 0.25) is 0 Å². The number of hydrogen-bond donors (Lipinski definition) is 1. The van der Waals surface area contributed by atoms with Crippen molar-refractivity contribution in [2.75, 3.05) is 18.5 Å². The van der Waals surface area contributed by atoms with Crippen molar-refractivity contribution in [2.45, 2.75) is 39.3 Å². The van der Waals surface area contributed by atoms with E-state index in [1.54, 1.807) is 24.3 Å². The fraction of sp³-hybridized carbons (Fsp3) is 0.364. The molecule has 4 rings (SSSR count). The Kier molecular flexibility index (Phi) is 6.41. The third kappa shape index (κ3) is 4.86. The van der Waals surface area contributed by atoms with E-state index in [1.807, 2.05) is 5.38 Å². The highest BCUT2D eigenvalue weighted by Crippen LogP contribution is 2.31. The Morgan fingerprint density at radius 3 is 2.90 bits per heavy atom. The molecule has 0 spiro atoms. The number of aryl methyl sites for hydroxylation is 1. The van der Waals surface area contributed by atoms with Crippen LogP contribution in [-0.4, -0.2) is 34.8 Å². The van der Waals surface area contributed by atoms with Gasteiger partial charge in [-0.1, -0.05) is 11.6 Å². The van der Waals surface area contributed by atoms with Crippen LogP contribution in [0.15, 0.2) is 35.7 Å². The summed E-state index contributed by atoms with van der Waals surface area (Å²) in [5.41, 5.74) is 4.30. The topological polar surface area (TPSA) is 65.4 Å². The van der Waals surface area contributed by atoms with Gasteiger partial charge >= 0.3 is 0 Å². The monoisotopic (exact) mass is 445 g/mol. The highest BCUT2D eigenvalue weighted by molar-refractivity contribution is 7.14. The maximum absolute atomic E-state index is 12.2. The first-order valence-corrected chi connectivity index (χ1v) is 11.2. The SMILES string of the molecule is Cc1cc(-c2csc(NC(=O)COc3ccc(Cl)cc3)n2)c(C)n1C[C@@H]1CCCO1. The molecule has 0 radical (unpaired) electrons. The molecule has 30 heavy (non-hydrogen) atoms. The van der Waals surface area contributed by atoms with E-state index in [2.05, 4.69) is 34.8 Å². The van der Waals surface area contributed by atoms with Crippen molar-refractivity contribution in [3.05, 3.63) is 52.1 Å². The summed E-state index contributed by atoms with van der Waals surface area (Å²) in [6.45, 7) is 5.84. The first-order chi connectivity index (χ1) is 14.5. The fourth-order valence-electron chi connectivity index (χ4n) is 3.62. The third-order valence-corrected chi connectivity index (χ3v) is 6.20. The molecule has 2 aromatic heterocycles. The van der Waals surface area contributed by atoms with Crippen molar-refractivity contribution in [1.29, 1.82) is 0 Å². The number of ether oxygens (including phenoxy) is 2. The number of carbonyl (C=O) groups is 1. The van der Waals surface area contributed by atoms with Gasteiger partial charge in [-0.25, -0.2) is 4.98 Å². The highest BCUT2D eigenvalue weighted by atomic mass is 35.5. The predicted octanol–water partition coefficient (Wildman–Crippen LogP) is 5.08. The van der Waals surface area contributed by atoms with Crippen molar-refractivity contribution >= 4 is 34.0 Å². The minimum atomic E-state index is -0.255. The van der Waals surface area contributed by atoms with Gasteiger partial charge in [0, 0.05) is 40.5 Å². The molecule has 1 saturated heterocycles. The Hall–Kier alpha value is -2.35. The normalized spacial score (nSPS) is 16.0. The maximum Gasteiger partial charge on any atom is 0.264 e. The molecule has 3 heterocycles. The van der Waals surface area contributed by atoms with Crippen molar-refractivity contribution in [3.63, 3.8) is 0 Å². The molecule has 1 aromatic carbocycles. The fourth-order valence-corrected chi connectivity index (χ4v) is 4.48. The molecular formula is C22H24ClN3O3S. The second kappa shape index (κ2) is 9.20. The lowest BCUT2D eigenvalue weighted by atomic mass is 10.2. The lowest BCUT2D eigenvalue weighted by Crippen LogP contribution is -2.20. The van der Waals surface area contributed by atoms with Crippen LogP contribution in [0.5, 0.6) is 5.75 Å². The Morgan fingerprint density at radius 1 is 1.37 bits per heavy atom. The first kappa shape index (κ1) is 20.9. The second-order valence-corrected chi connectivity index (χ2v) is 8.65. The lowest BCUT2D eigenvalue weighted by molar-refractivity contribution is -0.118. The van der Waals surface area contributed by atoms with E-state index < -0.39 is 0 Å². The van der Waals surface area contributed by atoms with Gasteiger partial charge in [0.15, 0.2) is 11.7 Å². The van der Waals surface area contributed by atoms with E-state index >= 15 is 0 Å². The minimum absolute atomic E-state index is 0.0908. The van der Waals surface area contributed by atoms with Crippen LogP contribution in [0.3, 0.4) is 0 Å². The van der Waals surface area contributed by atoms with Crippen LogP contribution in [0.1, 0.15) is 24.2 Å². The van der Waals surface area contributed by atoms with Gasteiger partial charge in [-0.05, 0) is 57.0 Å². The van der Waals surface area contributed by atoms with Crippen molar-refractivity contribution in [3.8, 4) is 17.0 Å². The molecule has 0 bridgehead atoms. The average molecular weight is 446 g/mol. The number of rotatable bonds is 7. The van der Waals surface area contributed by atoms with Crippen LogP contribution in [0.2, 0.25) is 5.02 Å². The summed E-state index contributed by atoms with van der Waals surface area (Å²) >= 11 is 7.25. The van der Waals surface area contributed by atoms with Crippen LogP contribution in [0.25, 0.3) is 11.3 Å². The summed E-state index contributed by atoms with van der Waals surface area (Å²) in [5.74, 6) is 0.336. The van der Waals surface area contributed by atoms with Gasteiger partial charge in [0.1, 0.15) is 5.75 Å². The largest absolute Gasteiger partial charge is 0.484 e. The van der Waals surface area contributed by atoms with Gasteiger partial charge in [-0.15, -0.1) is 11.3 Å². The molecule has 1 aliphatic rings. The van der Waals surface area contributed by atoms with Gasteiger partial charge in [-0.2, -0.15) is 0 Å². The predicted molar refractivity (Wildman–Crippen MR) is 120 cm³/mol. The number of benzene rings is 1. The molecule has 1 atom stereocenters. The molecule has 158 valence electrons. The third-order valence-electron chi connectivity index (χ3n) is 5.19. The summed E-state index contributed by atoms with van der Waals surface area (Å²) in [5, 5.41) is 5.95. The summed E-state index contributed by atoms with van der Waals surface area (Å²) in [6.07, 6.45) is 2.53. The number of thiazole rings is 1. The van der Waals surface area contributed by atoms with Crippen LogP contribution < -0.4 is 10.1 Å². The smallest absolute Gasteiger partial charge is 0.264 e. The number of nitrogens with one attached hydrogen (secondary N) is 1. The van der Waals surface area contributed by atoms with Gasteiger partial charge in [-0.3, -0.25) is 10.1 Å². The van der Waals surface area contributed by atoms with Crippen molar-refractivity contribution in [1.82, 2.24) is 9.55 Å². The Bertz CT molecular complexity index is 1020. The van der Waals surface area contributed by atoms with Gasteiger partial charge in [0.05, 0.1) is 11.8 Å². The molecule has 1 aliphatic heterocycles. The number of hydrogen-bond acceptors (Lipinski definition) is 5. The molecular weight excluding hydrogens is 422 g/mol. The Morgan fingerprint density at radius 2 is 2.17 bits per heavy atom. The Labute approximate surface area is 184 Å². The zero-order chi connectivity index (χ0) is 21.1. The molecule has 1 amide bonds. The zero-order valence-corrected chi connectivity index (χ0v) is 18.6. The number of anilines is 1. The quantitative estimate of drug-likeness (QED) is 0.550. The van der Waals surface area contributed by atoms with E-state index in [0.717, 1.165) is 42.9 Å². The summed E-state index contributed by atoms with van der Waals surface area (Å²) in [4.78, 5) is 16.8. The minimum Gasteiger partial charge on any atom is -0.484 e. The number of aromatic nitrogens is 2. The summed E-state index contributed by atoms with van der Waals surface area (Å²) in [6, 6.07) is 9.04. The molecule has 6 nitrogen and oxygen atoms in total. The zero-order valence-electron chi connectivity index (χ0n) is 17.0. The summed E-state index contributed by atoms with van der Waals surface area (Å²) < 4.78 is 13.6. The number of amides is 1. The maximum atomic E-state index is 12.2. The Balaban J connectivity index is 1.38. The van der Waals surface area contributed by atoms with Crippen molar-refractivity contribution < 1.29 is 14.3 Å². The van der Waals surface area contributed by atoms with E-state index in [-0.39, 0.29) is 18.6 Å². The van der Waals surface area contributed by atoms with E-state index in [0.29, 0.717) is 15.9 Å². The lowest BCUT2D eigenvalue weighted by Gasteiger charge is -2.14. The van der Waals surface area contributed by atoms with Crippen LogP contribution in [0.4, 0.5) is 5.13 Å². The standard InChI is InChI=1S/C22H24ClN3O3S/c1-14-10-19(15(2)26(14)11-18-4-3-9-28-18)20-13-30-22(24-20)25-21(27)12-29-17-7-5-16(23)6-8-17/h5-8,10,13,18H,3-4,9,11-12H2,1-2H3,(H,24,25,27)/t18-/m0/s1. The summed E-state index contributed by atoms with van der Waals surface area (Å²) in [7, 11) is 0. The van der Waals surface area contributed by atoms with E-state index in [9.17, 15) is 4.79 Å². The molecule has 0 unspecified atom stereocenters. The molecule has 1 fully saturated rings. The number of nitrogens with zero attached hydrogens (tertiary/aromatic N) is 2. The molecule has 3 aromatic rings. The van der Waals surface area contributed by atoms with Crippen LogP contribution in [0, 0.1) is 13.8 Å². The van der Waals surface area contributed by atoms with E-state index in [4.69, 9.17) is 21.1 Å². The highest BCUT2D eigenvalue weighted by Gasteiger charge is 2.20. The average Bonchev–Trinajstić information content (AvgIpc) is 3.46. The number of carbonyl (C=O) groups excluding carboxylic acids is 1. The first-order valence-electron chi connectivity index (χ1n) is 9.92. The molecule has 8 heteroatoms. The van der Waals surface area contributed by atoms with Gasteiger partial charge in [0.25, 0.3) is 5.91 Å². The molecule has 0 saturated carbocycles. The van der Waals surface area contributed by atoms with Gasteiger partial charge < -0.3 is 14.0 Å².